The summed E-state index contributed by atoms with van der Waals surface area (Å²) >= 11 is 1.99. The van der Waals surface area contributed by atoms with E-state index in [-0.39, 0.29) is 11.2 Å². The Morgan fingerprint density at radius 2 is 1.88 bits per heavy atom. The van der Waals surface area contributed by atoms with Gasteiger partial charge >= 0.3 is 0 Å². The van der Waals surface area contributed by atoms with Gasteiger partial charge in [0.15, 0.2) is 5.43 Å². The molecule has 1 aromatic heterocycles. The Hall–Kier alpha value is -2.24. The molecule has 2 saturated heterocycles. The molecule has 1 spiro atoms. The first-order valence-electron chi connectivity index (χ1n) is 8.78. The number of fused-ring (bicyclic) bond motifs is 1. The van der Waals surface area contributed by atoms with E-state index < -0.39 is 0 Å². The standard InChI is InChI=1S/C21H19NO3S/c23-16-6-7-18-20(15(16)9-22-10-21(11-22)12-26-13-21)17(24)8-19(25-18)14-4-2-1-3-5-14/h1-8,23H,9-13H2. The van der Waals surface area contributed by atoms with E-state index in [1.165, 1.54) is 17.6 Å². The van der Waals surface area contributed by atoms with E-state index in [4.69, 9.17) is 4.42 Å². The number of thioether (sulfide) groups is 1. The Balaban J connectivity index is 1.54. The van der Waals surface area contributed by atoms with Crippen LogP contribution in [0, 0.1) is 5.41 Å². The molecule has 5 heteroatoms. The number of benzene rings is 2. The van der Waals surface area contributed by atoms with E-state index in [0.29, 0.717) is 34.3 Å². The summed E-state index contributed by atoms with van der Waals surface area (Å²) in [6.07, 6.45) is 0. The minimum atomic E-state index is -0.106. The lowest BCUT2D eigenvalue weighted by atomic mass is 9.82. The van der Waals surface area contributed by atoms with Gasteiger partial charge in [-0.25, -0.2) is 0 Å². The smallest absolute Gasteiger partial charge is 0.193 e. The number of hydrogen-bond acceptors (Lipinski definition) is 5. The second-order valence-corrected chi connectivity index (χ2v) is 8.40. The summed E-state index contributed by atoms with van der Waals surface area (Å²) < 4.78 is 6.00. The van der Waals surface area contributed by atoms with E-state index >= 15 is 0 Å². The van der Waals surface area contributed by atoms with Crippen LogP contribution in [0.5, 0.6) is 5.75 Å². The molecule has 0 saturated carbocycles. The summed E-state index contributed by atoms with van der Waals surface area (Å²) in [5, 5.41) is 10.9. The highest BCUT2D eigenvalue weighted by molar-refractivity contribution is 8.00. The highest BCUT2D eigenvalue weighted by Gasteiger charge is 2.47. The zero-order valence-electron chi connectivity index (χ0n) is 14.3. The summed E-state index contributed by atoms with van der Waals surface area (Å²) in [5.74, 6) is 3.18. The van der Waals surface area contributed by atoms with Crippen LogP contribution in [-0.4, -0.2) is 34.6 Å². The summed E-state index contributed by atoms with van der Waals surface area (Å²) in [6.45, 7) is 2.68. The maximum Gasteiger partial charge on any atom is 0.193 e. The maximum atomic E-state index is 12.8. The molecule has 2 aliphatic rings. The fourth-order valence-electron chi connectivity index (χ4n) is 4.03. The molecule has 0 aliphatic carbocycles. The van der Waals surface area contributed by atoms with Crippen molar-refractivity contribution < 1.29 is 9.52 Å². The van der Waals surface area contributed by atoms with Crippen LogP contribution in [0.4, 0.5) is 0 Å². The number of likely N-dealkylation sites (tertiary alicyclic amines) is 1. The number of rotatable bonds is 3. The van der Waals surface area contributed by atoms with Crippen LogP contribution >= 0.6 is 11.8 Å². The number of aromatic hydroxyl groups is 1. The van der Waals surface area contributed by atoms with Crippen LogP contribution in [0.2, 0.25) is 0 Å². The second-order valence-electron chi connectivity index (χ2n) is 7.42. The average molecular weight is 365 g/mol. The molecular formula is C21H19NO3S. The Morgan fingerprint density at radius 1 is 1.12 bits per heavy atom. The van der Waals surface area contributed by atoms with Crippen molar-refractivity contribution in [3.8, 4) is 17.1 Å². The van der Waals surface area contributed by atoms with Gasteiger partial charge < -0.3 is 9.52 Å². The first kappa shape index (κ1) is 16.0. The average Bonchev–Trinajstić information content (AvgIpc) is 2.58. The number of nitrogens with zero attached hydrogens (tertiary/aromatic N) is 1. The molecule has 2 aliphatic heterocycles. The fourth-order valence-corrected chi connectivity index (χ4v) is 5.17. The van der Waals surface area contributed by atoms with Gasteiger partial charge in [-0.3, -0.25) is 9.69 Å². The SMILES string of the molecule is O=c1cc(-c2ccccc2)oc2ccc(O)c(CN3CC4(CSC4)C3)c12. The van der Waals surface area contributed by atoms with Gasteiger partial charge in [0, 0.05) is 53.7 Å². The summed E-state index contributed by atoms with van der Waals surface area (Å²) in [5.41, 5.74) is 2.45. The van der Waals surface area contributed by atoms with Crippen molar-refractivity contribution in [2.24, 2.45) is 5.41 Å². The van der Waals surface area contributed by atoms with Crippen molar-refractivity contribution in [3.05, 3.63) is 64.3 Å². The van der Waals surface area contributed by atoms with Crippen molar-refractivity contribution in [3.63, 3.8) is 0 Å². The van der Waals surface area contributed by atoms with E-state index in [1.807, 2.05) is 42.1 Å². The first-order chi connectivity index (χ1) is 12.6. The van der Waals surface area contributed by atoms with Gasteiger partial charge in [0.1, 0.15) is 17.1 Å². The lowest BCUT2D eigenvalue weighted by Crippen LogP contribution is -2.62. The molecule has 3 heterocycles. The highest BCUT2D eigenvalue weighted by Crippen LogP contribution is 2.46. The lowest BCUT2D eigenvalue weighted by Gasteiger charge is -2.55. The zero-order chi connectivity index (χ0) is 17.7. The summed E-state index contributed by atoms with van der Waals surface area (Å²) in [7, 11) is 0. The van der Waals surface area contributed by atoms with Gasteiger partial charge in [-0.05, 0) is 12.1 Å². The van der Waals surface area contributed by atoms with Crippen LogP contribution in [0.1, 0.15) is 5.56 Å². The van der Waals surface area contributed by atoms with Crippen LogP contribution in [0.15, 0.2) is 57.7 Å². The summed E-state index contributed by atoms with van der Waals surface area (Å²) in [6, 6.07) is 14.4. The molecule has 0 radical (unpaired) electrons. The van der Waals surface area contributed by atoms with Crippen LogP contribution in [0.25, 0.3) is 22.3 Å². The first-order valence-corrected chi connectivity index (χ1v) is 9.93. The van der Waals surface area contributed by atoms with Crippen molar-refractivity contribution in [2.45, 2.75) is 6.54 Å². The molecule has 4 nitrogen and oxygen atoms in total. The van der Waals surface area contributed by atoms with Crippen molar-refractivity contribution in [1.82, 2.24) is 4.90 Å². The number of hydrogen-bond donors (Lipinski definition) is 1. The predicted molar refractivity (Wildman–Crippen MR) is 105 cm³/mol. The molecule has 2 aromatic carbocycles. The molecular weight excluding hydrogens is 346 g/mol. The minimum absolute atomic E-state index is 0.106. The van der Waals surface area contributed by atoms with E-state index in [0.717, 1.165) is 18.7 Å². The van der Waals surface area contributed by atoms with Crippen molar-refractivity contribution in [2.75, 3.05) is 24.6 Å². The van der Waals surface area contributed by atoms with Gasteiger partial charge in [0.05, 0.1) is 5.39 Å². The zero-order valence-corrected chi connectivity index (χ0v) is 15.1. The third kappa shape index (κ3) is 2.54. The van der Waals surface area contributed by atoms with Crippen LogP contribution in [-0.2, 0) is 6.54 Å². The second kappa shape index (κ2) is 5.89. The molecule has 3 aromatic rings. The van der Waals surface area contributed by atoms with Crippen LogP contribution in [0.3, 0.4) is 0 Å². The third-order valence-electron chi connectivity index (χ3n) is 5.35. The van der Waals surface area contributed by atoms with Crippen molar-refractivity contribution in [1.29, 1.82) is 0 Å². The molecule has 0 unspecified atom stereocenters. The topological polar surface area (TPSA) is 53.7 Å². The molecule has 0 amide bonds. The van der Waals surface area contributed by atoms with E-state index in [9.17, 15) is 9.90 Å². The number of phenolic OH excluding ortho intramolecular Hbond substituents is 1. The Morgan fingerprint density at radius 3 is 2.58 bits per heavy atom. The number of phenols is 1. The monoisotopic (exact) mass is 365 g/mol. The maximum absolute atomic E-state index is 12.8. The van der Waals surface area contributed by atoms with Gasteiger partial charge in [-0.2, -0.15) is 11.8 Å². The molecule has 2 fully saturated rings. The lowest BCUT2D eigenvalue weighted by molar-refractivity contribution is 0.0230. The molecule has 5 rings (SSSR count). The van der Waals surface area contributed by atoms with E-state index in [1.54, 1.807) is 12.1 Å². The quantitative estimate of drug-likeness (QED) is 0.767. The van der Waals surface area contributed by atoms with Gasteiger partial charge in [0.25, 0.3) is 0 Å². The fraction of sp³-hybridized carbons (Fsp3) is 0.286. The third-order valence-corrected chi connectivity index (χ3v) is 6.99. The Labute approximate surface area is 155 Å². The molecule has 0 bridgehead atoms. The molecule has 132 valence electrons. The predicted octanol–water partition coefficient (Wildman–Crippen LogP) is 3.71. The molecule has 0 atom stereocenters. The normalized spacial score (nSPS) is 18.6. The van der Waals surface area contributed by atoms with E-state index in [2.05, 4.69) is 4.90 Å². The van der Waals surface area contributed by atoms with Crippen molar-refractivity contribution >= 4 is 22.7 Å². The Kier molecular flexibility index (Phi) is 3.62. The molecule has 1 N–H and O–H groups in total. The summed E-state index contributed by atoms with van der Waals surface area (Å²) in [4.78, 5) is 15.1. The van der Waals surface area contributed by atoms with Crippen LogP contribution < -0.4 is 5.43 Å². The minimum Gasteiger partial charge on any atom is -0.508 e. The Bertz CT molecular complexity index is 1030. The van der Waals surface area contributed by atoms with Gasteiger partial charge in [-0.1, -0.05) is 30.3 Å². The van der Waals surface area contributed by atoms with Gasteiger partial charge in [0.2, 0.25) is 0 Å². The largest absolute Gasteiger partial charge is 0.508 e. The highest BCUT2D eigenvalue weighted by atomic mass is 32.2. The van der Waals surface area contributed by atoms with Gasteiger partial charge in [-0.15, -0.1) is 0 Å². The molecule has 26 heavy (non-hydrogen) atoms.